The van der Waals surface area contributed by atoms with Crippen molar-refractivity contribution < 1.29 is 4.79 Å². The molecule has 2 rings (SSSR count). The highest BCUT2D eigenvalue weighted by atomic mass is 16.2. The number of nitrogens with one attached hydrogen (secondary N) is 2. The Balaban J connectivity index is 1.77. The van der Waals surface area contributed by atoms with Gasteiger partial charge in [0.1, 0.15) is 6.54 Å². The SMILES string of the molecule is CCNC(=NCC(=O)N1CCCC1)NCCn1cc(C)cn1. The summed E-state index contributed by atoms with van der Waals surface area (Å²) in [6, 6.07) is 0. The van der Waals surface area contributed by atoms with Gasteiger partial charge in [-0.2, -0.15) is 5.10 Å². The van der Waals surface area contributed by atoms with Crippen molar-refractivity contribution in [3.8, 4) is 0 Å². The van der Waals surface area contributed by atoms with Crippen molar-refractivity contribution in [1.82, 2.24) is 25.3 Å². The Morgan fingerprint density at radius 2 is 2.14 bits per heavy atom. The number of guanidine groups is 1. The lowest BCUT2D eigenvalue weighted by atomic mass is 10.4. The van der Waals surface area contributed by atoms with Crippen molar-refractivity contribution in [3.63, 3.8) is 0 Å². The topological polar surface area (TPSA) is 74.6 Å². The number of rotatable bonds is 6. The van der Waals surface area contributed by atoms with Crippen LogP contribution in [-0.2, 0) is 11.3 Å². The summed E-state index contributed by atoms with van der Waals surface area (Å²) in [5, 5.41) is 10.6. The second kappa shape index (κ2) is 8.41. The van der Waals surface area contributed by atoms with Crippen LogP contribution < -0.4 is 10.6 Å². The summed E-state index contributed by atoms with van der Waals surface area (Å²) in [5.41, 5.74) is 1.15. The van der Waals surface area contributed by atoms with Crippen LogP contribution in [0.5, 0.6) is 0 Å². The highest BCUT2D eigenvalue weighted by Gasteiger charge is 2.17. The molecule has 0 saturated carbocycles. The summed E-state index contributed by atoms with van der Waals surface area (Å²) in [4.78, 5) is 18.3. The Kier molecular flexibility index (Phi) is 6.24. The lowest BCUT2D eigenvalue weighted by Crippen LogP contribution is -2.40. The molecule has 1 aromatic rings. The summed E-state index contributed by atoms with van der Waals surface area (Å²) in [7, 11) is 0. The number of nitrogens with zero attached hydrogens (tertiary/aromatic N) is 4. The highest BCUT2D eigenvalue weighted by Crippen LogP contribution is 2.07. The number of aliphatic imine (C=N–C) groups is 1. The van der Waals surface area contributed by atoms with Crippen molar-refractivity contribution in [2.75, 3.05) is 32.7 Å². The Hall–Kier alpha value is -2.05. The van der Waals surface area contributed by atoms with Crippen LogP contribution in [0, 0.1) is 6.92 Å². The van der Waals surface area contributed by atoms with Gasteiger partial charge in [0.05, 0.1) is 12.7 Å². The van der Waals surface area contributed by atoms with Crippen LogP contribution in [0.1, 0.15) is 25.3 Å². The normalized spacial score (nSPS) is 15.2. The molecular formula is C15H26N6O. The minimum atomic E-state index is 0.109. The maximum atomic E-state index is 12.0. The molecule has 0 radical (unpaired) electrons. The molecule has 0 bridgehead atoms. The number of hydrogen-bond acceptors (Lipinski definition) is 3. The van der Waals surface area contributed by atoms with Gasteiger partial charge in [0.25, 0.3) is 0 Å². The van der Waals surface area contributed by atoms with E-state index in [2.05, 4.69) is 20.7 Å². The molecule has 0 aromatic carbocycles. The van der Waals surface area contributed by atoms with E-state index in [1.54, 1.807) is 0 Å². The van der Waals surface area contributed by atoms with Crippen LogP contribution >= 0.6 is 0 Å². The predicted octanol–water partition coefficient (Wildman–Crippen LogP) is 0.369. The molecule has 0 spiro atoms. The Morgan fingerprint density at radius 3 is 2.77 bits per heavy atom. The first-order chi connectivity index (χ1) is 10.7. The van der Waals surface area contributed by atoms with Crippen LogP contribution in [0.3, 0.4) is 0 Å². The first-order valence-corrected chi connectivity index (χ1v) is 7.98. The van der Waals surface area contributed by atoms with Gasteiger partial charge in [-0.1, -0.05) is 0 Å². The van der Waals surface area contributed by atoms with Gasteiger partial charge in [-0.05, 0) is 32.3 Å². The number of amides is 1. The third-order valence-electron chi connectivity index (χ3n) is 3.57. The van der Waals surface area contributed by atoms with E-state index < -0.39 is 0 Å². The van der Waals surface area contributed by atoms with E-state index in [0.29, 0.717) is 12.5 Å². The van der Waals surface area contributed by atoms with Gasteiger partial charge in [-0.3, -0.25) is 9.48 Å². The van der Waals surface area contributed by atoms with E-state index in [9.17, 15) is 4.79 Å². The molecule has 1 saturated heterocycles. The Labute approximate surface area is 131 Å². The molecule has 0 aliphatic carbocycles. The molecule has 1 fully saturated rings. The lowest BCUT2D eigenvalue weighted by molar-refractivity contribution is -0.128. The van der Waals surface area contributed by atoms with E-state index in [0.717, 1.165) is 44.6 Å². The maximum Gasteiger partial charge on any atom is 0.244 e. The van der Waals surface area contributed by atoms with Gasteiger partial charge in [0, 0.05) is 32.4 Å². The van der Waals surface area contributed by atoms with E-state index in [4.69, 9.17) is 0 Å². The molecule has 1 amide bonds. The van der Waals surface area contributed by atoms with Crippen LogP contribution in [0.2, 0.25) is 0 Å². The monoisotopic (exact) mass is 306 g/mol. The third kappa shape index (κ3) is 5.05. The standard InChI is InChI=1S/C15H26N6O/c1-3-16-15(17-6-9-21-12-13(2)10-19-21)18-11-14(22)20-7-4-5-8-20/h10,12H,3-9,11H2,1-2H3,(H2,16,17,18). The summed E-state index contributed by atoms with van der Waals surface area (Å²) < 4.78 is 1.89. The summed E-state index contributed by atoms with van der Waals surface area (Å²) in [5.74, 6) is 0.788. The van der Waals surface area contributed by atoms with E-state index in [-0.39, 0.29) is 12.5 Å². The minimum absolute atomic E-state index is 0.109. The first kappa shape index (κ1) is 16.3. The van der Waals surface area contributed by atoms with Crippen molar-refractivity contribution >= 4 is 11.9 Å². The third-order valence-corrected chi connectivity index (χ3v) is 3.57. The smallest absolute Gasteiger partial charge is 0.244 e. The van der Waals surface area contributed by atoms with Crippen molar-refractivity contribution in [1.29, 1.82) is 0 Å². The zero-order valence-electron chi connectivity index (χ0n) is 13.5. The zero-order chi connectivity index (χ0) is 15.8. The van der Waals surface area contributed by atoms with E-state index >= 15 is 0 Å². The molecule has 2 heterocycles. The largest absolute Gasteiger partial charge is 0.357 e. The van der Waals surface area contributed by atoms with Crippen LogP contribution in [0.25, 0.3) is 0 Å². The Morgan fingerprint density at radius 1 is 1.36 bits per heavy atom. The van der Waals surface area contributed by atoms with E-state index in [1.165, 1.54) is 0 Å². The second-order valence-corrected chi connectivity index (χ2v) is 5.49. The molecule has 7 heteroatoms. The fourth-order valence-electron chi connectivity index (χ4n) is 2.43. The molecule has 1 aliphatic heterocycles. The molecule has 1 aromatic heterocycles. The quantitative estimate of drug-likeness (QED) is 0.588. The molecule has 122 valence electrons. The number of hydrogen-bond donors (Lipinski definition) is 2. The van der Waals surface area contributed by atoms with Crippen molar-refractivity contribution in [2.24, 2.45) is 4.99 Å². The number of aromatic nitrogens is 2. The summed E-state index contributed by atoms with van der Waals surface area (Å²) >= 11 is 0. The number of carbonyl (C=O) groups is 1. The molecule has 2 N–H and O–H groups in total. The fraction of sp³-hybridized carbons (Fsp3) is 0.667. The fourth-order valence-corrected chi connectivity index (χ4v) is 2.43. The minimum Gasteiger partial charge on any atom is -0.357 e. The zero-order valence-corrected chi connectivity index (χ0v) is 13.5. The highest BCUT2D eigenvalue weighted by molar-refractivity contribution is 5.85. The molecule has 0 atom stereocenters. The van der Waals surface area contributed by atoms with Gasteiger partial charge in [-0.25, -0.2) is 4.99 Å². The summed E-state index contributed by atoms with van der Waals surface area (Å²) in [6.45, 7) is 8.22. The van der Waals surface area contributed by atoms with Crippen LogP contribution in [0.4, 0.5) is 0 Å². The average molecular weight is 306 g/mol. The maximum absolute atomic E-state index is 12.0. The molecule has 0 unspecified atom stereocenters. The molecule has 22 heavy (non-hydrogen) atoms. The van der Waals surface area contributed by atoms with Crippen LogP contribution in [0.15, 0.2) is 17.4 Å². The predicted molar refractivity (Wildman–Crippen MR) is 86.8 cm³/mol. The van der Waals surface area contributed by atoms with Crippen molar-refractivity contribution in [3.05, 3.63) is 18.0 Å². The molecular weight excluding hydrogens is 280 g/mol. The first-order valence-electron chi connectivity index (χ1n) is 7.98. The lowest BCUT2D eigenvalue weighted by Gasteiger charge is -2.15. The number of likely N-dealkylation sites (tertiary alicyclic amines) is 1. The van der Waals surface area contributed by atoms with Crippen molar-refractivity contribution in [2.45, 2.75) is 33.2 Å². The average Bonchev–Trinajstić information content (AvgIpc) is 3.16. The summed E-state index contributed by atoms with van der Waals surface area (Å²) in [6.07, 6.45) is 6.06. The number of carbonyl (C=O) groups excluding carboxylic acids is 1. The Bertz CT molecular complexity index is 504. The van der Waals surface area contributed by atoms with Crippen LogP contribution in [-0.4, -0.2) is 59.3 Å². The number of aryl methyl sites for hydroxylation is 1. The van der Waals surface area contributed by atoms with Gasteiger partial charge in [0.2, 0.25) is 5.91 Å². The van der Waals surface area contributed by atoms with Gasteiger partial charge < -0.3 is 15.5 Å². The van der Waals surface area contributed by atoms with Gasteiger partial charge in [0.15, 0.2) is 5.96 Å². The van der Waals surface area contributed by atoms with E-state index in [1.807, 2.05) is 35.8 Å². The molecule has 1 aliphatic rings. The molecule has 7 nitrogen and oxygen atoms in total. The van der Waals surface area contributed by atoms with Gasteiger partial charge >= 0.3 is 0 Å². The second-order valence-electron chi connectivity index (χ2n) is 5.49. The van der Waals surface area contributed by atoms with Gasteiger partial charge in [-0.15, -0.1) is 0 Å².